The Hall–Kier alpha value is -0.530. The maximum absolute atomic E-state index is 11.7. The van der Waals surface area contributed by atoms with Gasteiger partial charge >= 0.3 is 0 Å². The van der Waals surface area contributed by atoms with Crippen LogP contribution >= 0.6 is 11.3 Å². The molecule has 5 nitrogen and oxygen atoms in total. The molecule has 7 heteroatoms. The SMILES string of the molecule is CC(C)(c1nnc(CCCNC2CC2)s1)S(C)(=O)=O. The van der Waals surface area contributed by atoms with Crippen molar-refractivity contribution in [1.82, 2.24) is 15.5 Å². The number of hydrogen-bond acceptors (Lipinski definition) is 6. The van der Waals surface area contributed by atoms with Crippen molar-refractivity contribution in [2.45, 2.75) is 50.3 Å². The van der Waals surface area contributed by atoms with Crippen LogP contribution in [0.2, 0.25) is 0 Å². The number of nitrogens with one attached hydrogen (secondary N) is 1. The first-order valence-corrected chi connectivity index (χ1v) is 9.27. The lowest BCUT2D eigenvalue weighted by atomic mass is 10.2. The van der Waals surface area contributed by atoms with E-state index in [1.807, 2.05) is 0 Å². The number of nitrogens with zero attached hydrogens (tertiary/aromatic N) is 2. The fourth-order valence-electron chi connectivity index (χ4n) is 1.59. The highest BCUT2D eigenvalue weighted by molar-refractivity contribution is 7.91. The Morgan fingerprint density at radius 1 is 1.37 bits per heavy atom. The van der Waals surface area contributed by atoms with Crippen LogP contribution in [0.15, 0.2) is 0 Å². The monoisotopic (exact) mass is 303 g/mol. The molecule has 19 heavy (non-hydrogen) atoms. The third kappa shape index (κ3) is 3.73. The summed E-state index contributed by atoms with van der Waals surface area (Å²) in [7, 11) is -3.17. The first-order chi connectivity index (χ1) is 8.80. The van der Waals surface area contributed by atoms with Crippen LogP contribution in [0, 0.1) is 0 Å². The van der Waals surface area contributed by atoms with Gasteiger partial charge in [0.25, 0.3) is 0 Å². The van der Waals surface area contributed by atoms with Gasteiger partial charge < -0.3 is 5.32 Å². The Morgan fingerprint density at radius 2 is 2.05 bits per heavy atom. The molecular weight excluding hydrogens is 282 g/mol. The highest BCUT2D eigenvalue weighted by Crippen LogP contribution is 2.31. The smallest absolute Gasteiger partial charge is 0.159 e. The number of rotatable bonds is 7. The highest BCUT2D eigenvalue weighted by Gasteiger charge is 2.36. The van der Waals surface area contributed by atoms with Crippen molar-refractivity contribution in [2.24, 2.45) is 0 Å². The quantitative estimate of drug-likeness (QED) is 0.773. The van der Waals surface area contributed by atoms with E-state index in [1.165, 1.54) is 30.4 Å². The van der Waals surface area contributed by atoms with Gasteiger partial charge in [-0.25, -0.2) is 8.42 Å². The molecule has 0 amide bonds. The second-order valence-corrected chi connectivity index (χ2v) is 9.24. The molecule has 2 rings (SSSR count). The van der Waals surface area contributed by atoms with Crippen molar-refractivity contribution in [2.75, 3.05) is 12.8 Å². The van der Waals surface area contributed by atoms with Gasteiger partial charge in [-0.3, -0.25) is 0 Å². The van der Waals surface area contributed by atoms with Crippen molar-refractivity contribution in [1.29, 1.82) is 0 Å². The van der Waals surface area contributed by atoms with Gasteiger partial charge in [0.2, 0.25) is 0 Å². The van der Waals surface area contributed by atoms with E-state index < -0.39 is 14.6 Å². The van der Waals surface area contributed by atoms with Crippen molar-refractivity contribution in [3.8, 4) is 0 Å². The minimum Gasteiger partial charge on any atom is -0.314 e. The predicted octanol–water partition coefficient (Wildman–Crippen LogP) is 1.50. The molecule has 0 spiro atoms. The summed E-state index contributed by atoms with van der Waals surface area (Å²) in [5.41, 5.74) is 0. The molecular formula is C12H21N3O2S2. The van der Waals surface area contributed by atoms with Gasteiger partial charge in [0.15, 0.2) is 9.84 Å². The molecule has 1 saturated carbocycles. The Bertz CT molecular complexity index is 533. The molecule has 1 N–H and O–H groups in total. The zero-order valence-electron chi connectivity index (χ0n) is 11.6. The van der Waals surface area contributed by atoms with Crippen LogP contribution in [0.5, 0.6) is 0 Å². The molecule has 1 aromatic rings. The molecule has 1 fully saturated rings. The minimum absolute atomic E-state index is 0.583. The summed E-state index contributed by atoms with van der Waals surface area (Å²) in [6.07, 6.45) is 5.71. The normalized spacial score (nSPS) is 16.8. The Morgan fingerprint density at radius 3 is 2.63 bits per heavy atom. The van der Waals surface area contributed by atoms with Gasteiger partial charge in [-0.05, 0) is 39.7 Å². The van der Waals surface area contributed by atoms with E-state index in [9.17, 15) is 8.42 Å². The van der Waals surface area contributed by atoms with E-state index in [1.54, 1.807) is 13.8 Å². The number of aryl methyl sites for hydroxylation is 1. The summed E-state index contributed by atoms with van der Waals surface area (Å²) < 4.78 is 22.5. The topological polar surface area (TPSA) is 72.0 Å². The summed E-state index contributed by atoms with van der Waals surface area (Å²) in [5.74, 6) is 0. The second kappa shape index (κ2) is 5.46. The molecule has 0 aliphatic heterocycles. The highest BCUT2D eigenvalue weighted by atomic mass is 32.2. The minimum atomic E-state index is -3.17. The van der Waals surface area contributed by atoms with Crippen LogP contribution in [0.3, 0.4) is 0 Å². The Labute approximate surface area is 118 Å². The van der Waals surface area contributed by atoms with E-state index >= 15 is 0 Å². The maximum atomic E-state index is 11.7. The lowest BCUT2D eigenvalue weighted by Crippen LogP contribution is -2.27. The van der Waals surface area contributed by atoms with E-state index in [-0.39, 0.29) is 0 Å². The first kappa shape index (κ1) is 14.9. The van der Waals surface area contributed by atoms with E-state index in [0.717, 1.165) is 30.4 Å². The molecule has 0 atom stereocenters. The van der Waals surface area contributed by atoms with E-state index in [2.05, 4.69) is 15.5 Å². The van der Waals surface area contributed by atoms with Crippen LogP contribution in [0.1, 0.15) is 43.1 Å². The Kier molecular flexibility index (Phi) is 4.27. The third-order valence-corrected chi connectivity index (χ3v) is 6.97. The van der Waals surface area contributed by atoms with Gasteiger partial charge in [-0.1, -0.05) is 11.3 Å². The first-order valence-electron chi connectivity index (χ1n) is 6.56. The summed E-state index contributed by atoms with van der Waals surface area (Å²) in [6.45, 7) is 4.36. The molecule has 0 bridgehead atoms. The van der Waals surface area contributed by atoms with Crippen molar-refractivity contribution < 1.29 is 8.42 Å². The maximum Gasteiger partial charge on any atom is 0.159 e. The molecule has 1 heterocycles. The number of hydrogen-bond donors (Lipinski definition) is 1. The molecule has 0 aromatic carbocycles. The average Bonchev–Trinajstić information content (AvgIpc) is 2.99. The summed E-state index contributed by atoms with van der Waals surface area (Å²) in [6, 6.07) is 0.731. The standard InChI is InChI=1S/C12H21N3O2S2/c1-12(2,19(3,16)17)11-15-14-10(18-11)5-4-8-13-9-6-7-9/h9,13H,4-8H2,1-3H3. The number of sulfone groups is 1. The molecule has 1 aliphatic rings. The van der Waals surface area contributed by atoms with Crippen LogP contribution in [-0.2, 0) is 21.0 Å². The molecule has 0 unspecified atom stereocenters. The van der Waals surface area contributed by atoms with Gasteiger partial charge in [0, 0.05) is 18.7 Å². The molecule has 1 aromatic heterocycles. The second-order valence-electron chi connectivity index (χ2n) is 5.62. The summed E-state index contributed by atoms with van der Waals surface area (Å²) in [5, 5.41) is 13.1. The van der Waals surface area contributed by atoms with Crippen LogP contribution < -0.4 is 5.32 Å². The zero-order chi connectivity index (χ0) is 14.1. The van der Waals surface area contributed by atoms with E-state index in [4.69, 9.17) is 0 Å². The van der Waals surface area contributed by atoms with Crippen LogP contribution in [0.25, 0.3) is 0 Å². The van der Waals surface area contributed by atoms with Gasteiger partial charge in [0.05, 0.1) is 0 Å². The number of aromatic nitrogens is 2. The average molecular weight is 303 g/mol. The molecule has 0 saturated heterocycles. The van der Waals surface area contributed by atoms with Crippen LogP contribution in [0.4, 0.5) is 0 Å². The fourth-order valence-corrected chi connectivity index (χ4v) is 3.41. The van der Waals surface area contributed by atoms with Crippen molar-refractivity contribution in [3.05, 3.63) is 10.0 Å². The molecule has 108 valence electrons. The largest absolute Gasteiger partial charge is 0.314 e. The lowest BCUT2D eigenvalue weighted by Gasteiger charge is -2.18. The summed E-state index contributed by atoms with van der Waals surface area (Å²) >= 11 is 1.41. The lowest BCUT2D eigenvalue weighted by molar-refractivity contribution is 0.558. The summed E-state index contributed by atoms with van der Waals surface area (Å²) in [4.78, 5) is 0. The van der Waals surface area contributed by atoms with Gasteiger partial charge in [-0.15, -0.1) is 10.2 Å². The fraction of sp³-hybridized carbons (Fsp3) is 0.833. The van der Waals surface area contributed by atoms with E-state index in [0.29, 0.717) is 5.01 Å². The van der Waals surface area contributed by atoms with Crippen LogP contribution in [-0.4, -0.2) is 37.5 Å². The van der Waals surface area contributed by atoms with Crippen molar-refractivity contribution >= 4 is 21.2 Å². The molecule has 1 aliphatic carbocycles. The zero-order valence-corrected chi connectivity index (χ0v) is 13.3. The third-order valence-electron chi connectivity index (χ3n) is 3.49. The Balaban J connectivity index is 1.90. The van der Waals surface area contributed by atoms with Gasteiger partial charge in [-0.2, -0.15) is 0 Å². The molecule has 0 radical (unpaired) electrons. The predicted molar refractivity (Wildman–Crippen MR) is 77.1 cm³/mol. The van der Waals surface area contributed by atoms with Gasteiger partial charge in [0.1, 0.15) is 14.8 Å². The van der Waals surface area contributed by atoms with Crippen molar-refractivity contribution in [3.63, 3.8) is 0 Å².